The van der Waals surface area contributed by atoms with Crippen LogP contribution in [0.15, 0.2) is 18.2 Å². The zero-order chi connectivity index (χ0) is 11.2. The molecule has 0 aliphatic heterocycles. The van der Waals surface area contributed by atoms with Gasteiger partial charge in [-0.05, 0) is 6.07 Å². The van der Waals surface area contributed by atoms with Crippen molar-refractivity contribution in [3.8, 4) is 11.5 Å². The van der Waals surface area contributed by atoms with Crippen LogP contribution in [-0.2, 0) is 0 Å². The van der Waals surface area contributed by atoms with Crippen LogP contribution in [-0.4, -0.2) is 10.2 Å². The molecule has 2 rings (SSSR count). The Morgan fingerprint density at radius 1 is 0.867 bits per heavy atom. The monoisotopic (exact) mass is 214 g/mol. The third kappa shape index (κ3) is 1.36. The van der Waals surface area contributed by atoms with E-state index in [1.807, 2.05) is 0 Å². The minimum atomic E-state index is -1.39. The van der Waals surface area contributed by atoms with Crippen LogP contribution in [0, 0.1) is 17.5 Å². The Labute approximate surface area is 82.2 Å². The van der Waals surface area contributed by atoms with Crippen molar-refractivity contribution >= 4 is 10.8 Å². The van der Waals surface area contributed by atoms with Crippen LogP contribution in [0.3, 0.4) is 0 Å². The highest BCUT2D eigenvalue weighted by Gasteiger charge is 2.16. The summed E-state index contributed by atoms with van der Waals surface area (Å²) in [5.41, 5.74) is 0. The summed E-state index contributed by atoms with van der Waals surface area (Å²) in [7, 11) is 0. The van der Waals surface area contributed by atoms with E-state index >= 15 is 0 Å². The summed E-state index contributed by atoms with van der Waals surface area (Å²) < 4.78 is 39.1. The zero-order valence-electron chi connectivity index (χ0n) is 7.26. The van der Waals surface area contributed by atoms with Crippen LogP contribution in [0.1, 0.15) is 0 Å². The van der Waals surface area contributed by atoms with Crippen molar-refractivity contribution in [1.29, 1.82) is 0 Å². The van der Waals surface area contributed by atoms with Crippen molar-refractivity contribution in [2.75, 3.05) is 0 Å². The fraction of sp³-hybridized carbons (Fsp3) is 0. The van der Waals surface area contributed by atoms with E-state index in [2.05, 4.69) is 0 Å². The summed E-state index contributed by atoms with van der Waals surface area (Å²) in [5.74, 6) is -4.91. The molecule has 0 aliphatic carbocycles. The van der Waals surface area contributed by atoms with Gasteiger partial charge in [-0.2, -0.15) is 0 Å². The first-order valence-electron chi connectivity index (χ1n) is 4.00. The summed E-state index contributed by atoms with van der Waals surface area (Å²) in [6.45, 7) is 0. The normalized spacial score (nSPS) is 10.9. The first-order valence-corrected chi connectivity index (χ1v) is 4.00. The molecule has 2 aromatic rings. The zero-order valence-corrected chi connectivity index (χ0v) is 7.26. The highest BCUT2D eigenvalue weighted by molar-refractivity contribution is 5.90. The second-order valence-electron chi connectivity index (χ2n) is 3.04. The van der Waals surface area contributed by atoms with Gasteiger partial charge < -0.3 is 10.2 Å². The number of rotatable bonds is 0. The molecule has 5 heteroatoms. The van der Waals surface area contributed by atoms with Gasteiger partial charge in [0.25, 0.3) is 0 Å². The topological polar surface area (TPSA) is 40.5 Å². The number of fused-ring (bicyclic) bond motifs is 1. The van der Waals surface area contributed by atoms with Crippen LogP contribution in [0.2, 0.25) is 0 Å². The molecule has 0 aromatic heterocycles. The van der Waals surface area contributed by atoms with E-state index in [1.165, 1.54) is 0 Å². The van der Waals surface area contributed by atoms with Gasteiger partial charge in [-0.15, -0.1) is 0 Å². The maximum Gasteiger partial charge on any atom is 0.170 e. The largest absolute Gasteiger partial charge is 0.508 e. The van der Waals surface area contributed by atoms with Crippen molar-refractivity contribution in [2.45, 2.75) is 0 Å². The van der Waals surface area contributed by atoms with Gasteiger partial charge in [0.2, 0.25) is 0 Å². The van der Waals surface area contributed by atoms with Gasteiger partial charge in [0.05, 0.1) is 5.39 Å². The average molecular weight is 214 g/mol. The first kappa shape index (κ1) is 9.64. The summed E-state index contributed by atoms with van der Waals surface area (Å²) >= 11 is 0. The average Bonchev–Trinajstić information content (AvgIpc) is 2.13. The molecule has 0 bridgehead atoms. The Hall–Kier alpha value is -1.91. The summed E-state index contributed by atoms with van der Waals surface area (Å²) in [6.07, 6.45) is 0. The van der Waals surface area contributed by atoms with E-state index < -0.39 is 34.3 Å². The van der Waals surface area contributed by atoms with Crippen LogP contribution >= 0.6 is 0 Å². The number of benzene rings is 2. The lowest BCUT2D eigenvalue weighted by molar-refractivity contribution is 0.449. The van der Waals surface area contributed by atoms with E-state index in [-0.39, 0.29) is 5.39 Å². The highest BCUT2D eigenvalue weighted by Crippen LogP contribution is 2.34. The number of phenols is 2. The maximum atomic E-state index is 13.2. The lowest BCUT2D eigenvalue weighted by atomic mass is 10.1. The SMILES string of the molecule is Oc1cc(O)c2c(F)c(F)cc(F)c2c1. The standard InChI is InChI=1S/C10H5F3O2/c11-6-3-7(12)10(13)9-5(6)1-4(14)2-8(9)15/h1-3,14-15H. The molecule has 78 valence electrons. The predicted octanol–water partition coefficient (Wildman–Crippen LogP) is 2.67. The van der Waals surface area contributed by atoms with Gasteiger partial charge in [-0.25, -0.2) is 13.2 Å². The Bertz CT molecular complexity index is 552. The Balaban J connectivity index is 3.03. The number of halogens is 3. The van der Waals surface area contributed by atoms with Crippen LogP contribution in [0.4, 0.5) is 13.2 Å². The molecular formula is C10H5F3O2. The van der Waals surface area contributed by atoms with E-state index in [0.29, 0.717) is 6.07 Å². The highest BCUT2D eigenvalue weighted by atomic mass is 19.2. The van der Waals surface area contributed by atoms with Crippen molar-refractivity contribution in [2.24, 2.45) is 0 Å². The molecule has 15 heavy (non-hydrogen) atoms. The van der Waals surface area contributed by atoms with E-state index in [4.69, 9.17) is 5.11 Å². The van der Waals surface area contributed by atoms with Crippen molar-refractivity contribution in [1.82, 2.24) is 0 Å². The van der Waals surface area contributed by atoms with Gasteiger partial charge >= 0.3 is 0 Å². The molecule has 2 N–H and O–H groups in total. The Kier molecular flexibility index (Phi) is 1.96. The van der Waals surface area contributed by atoms with Crippen molar-refractivity contribution in [3.63, 3.8) is 0 Å². The number of phenolic OH excluding ortho intramolecular Hbond substituents is 2. The molecule has 0 unspecified atom stereocenters. The third-order valence-electron chi connectivity index (χ3n) is 2.04. The lowest BCUT2D eigenvalue weighted by Gasteiger charge is -2.05. The molecule has 0 saturated heterocycles. The molecule has 0 heterocycles. The minimum absolute atomic E-state index is 0.358. The van der Waals surface area contributed by atoms with Gasteiger partial charge in [-0.3, -0.25) is 0 Å². The molecule has 0 fully saturated rings. The number of aromatic hydroxyl groups is 2. The minimum Gasteiger partial charge on any atom is -0.508 e. The van der Waals surface area contributed by atoms with Gasteiger partial charge in [0.15, 0.2) is 11.6 Å². The molecular weight excluding hydrogens is 209 g/mol. The molecule has 0 amide bonds. The molecule has 2 aromatic carbocycles. The summed E-state index contributed by atoms with van der Waals surface area (Å²) in [6, 6.07) is 2.08. The smallest absolute Gasteiger partial charge is 0.170 e. The molecule has 2 nitrogen and oxygen atoms in total. The number of hydrogen-bond donors (Lipinski definition) is 2. The first-order chi connectivity index (χ1) is 7.00. The van der Waals surface area contributed by atoms with Gasteiger partial charge in [0, 0.05) is 17.5 Å². The molecule has 0 saturated carbocycles. The molecule has 0 spiro atoms. The van der Waals surface area contributed by atoms with Gasteiger partial charge in [0.1, 0.15) is 17.3 Å². The Morgan fingerprint density at radius 3 is 2.20 bits per heavy atom. The maximum absolute atomic E-state index is 13.2. The lowest BCUT2D eigenvalue weighted by Crippen LogP contribution is -1.91. The van der Waals surface area contributed by atoms with Crippen LogP contribution in [0.25, 0.3) is 10.8 Å². The van der Waals surface area contributed by atoms with Gasteiger partial charge in [-0.1, -0.05) is 0 Å². The molecule has 0 atom stereocenters. The van der Waals surface area contributed by atoms with Crippen LogP contribution < -0.4 is 0 Å². The summed E-state index contributed by atoms with van der Waals surface area (Å²) in [4.78, 5) is 0. The van der Waals surface area contributed by atoms with Crippen molar-refractivity contribution < 1.29 is 23.4 Å². The number of hydrogen-bond acceptors (Lipinski definition) is 2. The predicted molar refractivity (Wildman–Crippen MR) is 47.2 cm³/mol. The Morgan fingerprint density at radius 2 is 1.53 bits per heavy atom. The van der Waals surface area contributed by atoms with E-state index in [9.17, 15) is 18.3 Å². The summed E-state index contributed by atoms with van der Waals surface area (Å²) in [5, 5.41) is 17.4. The van der Waals surface area contributed by atoms with Crippen LogP contribution in [0.5, 0.6) is 11.5 Å². The van der Waals surface area contributed by atoms with E-state index in [0.717, 1.165) is 12.1 Å². The second kappa shape index (κ2) is 3.05. The fourth-order valence-electron chi connectivity index (χ4n) is 1.40. The van der Waals surface area contributed by atoms with Crippen molar-refractivity contribution in [3.05, 3.63) is 35.7 Å². The molecule has 0 radical (unpaired) electrons. The third-order valence-corrected chi connectivity index (χ3v) is 2.04. The second-order valence-corrected chi connectivity index (χ2v) is 3.04. The quantitative estimate of drug-likeness (QED) is 0.662. The fourth-order valence-corrected chi connectivity index (χ4v) is 1.40. The van der Waals surface area contributed by atoms with E-state index in [1.54, 1.807) is 0 Å². The molecule has 0 aliphatic rings.